The van der Waals surface area contributed by atoms with Crippen molar-refractivity contribution >= 4 is 44.5 Å². The van der Waals surface area contributed by atoms with Crippen molar-refractivity contribution in [2.45, 2.75) is 71.4 Å². The lowest BCUT2D eigenvalue weighted by Gasteiger charge is -2.53. The van der Waals surface area contributed by atoms with Crippen molar-refractivity contribution in [2.24, 2.45) is 23.7 Å². The van der Waals surface area contributed by atoms with Crippen LogP contribution in [0.4, 0.5) is 5.69 Å². The number of fused-ring (bicyclic) bond motifs is 1. The summed E-state index contributed by atoms with van der Waals surface area (Å²) in [6.07, 6.45) is 4.16. The number of halogens is 1. The molecule has 0 amide bonds. The highest BCUT2D eigenvalue weighted by Crippen LogP contribution is 2.48. The fourth-order valence-electron chi connectivity index (χ4n) is 6.30. The number of hydrogen-bond donors (Lipinski definition) is 3. The number of carbonyl (C=O) groups excluding carboxylic acids is 1. The largest absolute Gasteiger partial charge is 0.478 e. The van der Waals surface area contributed by atoms with Gasteiger partial charge in [-0.1, -0.05) is 27.7 Å². The molecule has 3 aromatic rings. The lowest BCUT2D eigenvalue weighted by molar-refractivity contribution is -0.355. The third-order valence-electron chi connectivity index (χ3n) is 8.59. The summed E-state index contributed by atoms with van der Waals surface area (Å²) in [7, 11) is 1.68. The van der Waals surface area contributed by atoms with E-state index < -0.39 is 11.8 Å². The molecule has 39 heavy (non-hydrogen) atoms. The van der Waals surface area contributed by atoms with Crippen LogP contribution in [0, 0.1) is 23.7 Å². The molecular weight excluding hydrogens is 566 g/mol. The van der Waals surface area contributed by atoms with Crippen molar-refractivity contribution in [1.82, 2.24) is 9.97 Å². The van der Waals surface area contributed by atoms with Crippen molar-refractivity contribution in [2.75, 3.05) is 12.4 Å². The van der Waals surface area contributed by atoms with Crippen LogP contribution in [0.15, 0.2) is 33.3 Å². The van der Waals surface area contributed by atoms with Crippen LogP contribution >= 0.6 is 15.9 Å². The van der Waals surface area contributed by atoms with Crippen molar-refractivity contribution in [1.29, 1.82) is 0 Å². The zero-order valence-corrected chi connectivity index (χ0v) is 24.5. The standard InChI is InChI=1S/C29H36BrN3O6/c1-14-8-9-29(16(3)10-15(2)27(39-29)17(4)26(34)20-11-18(30)13-32-20)38-22(14)12-23-33-25-21(37-23)7-6-19(31-5)24(25)28(35)36/h6-7,11,13-17,22,27,31-32H,8-10,12H2,1-5H3,(H,35,36)/t14-,15+,16+,17-,22-,27-,29+/m0/s1. The lowest BCUT2D eigenvalue weighted by Crippen LogP contribution is -2.58. The van der Waals surface area contributed by atoms with Gasteiger partial charge in [0, 0.05) is 36.0 Å². The van der Waals surface area contributed by atoms with Gasteiger partial charge in [-0.15, -0.1) is 0 Å². The minimum absolute atomic E-state index is 0.0182. The maximum atomic E-state index is 13.3. The van der Waals surface area contributed by atoms with Crippen molar-refractivity contribution in [3.8, 4) is 0 Å². The molecule has 1 aromatic carbocycles. The third-order valence-corrected chi connectivity index (χ3v) is 9.05. The quantitative estimate of drug-likeness (QED) is 0.269. The van der Waals surface area contributed by atoms with E-state index in [1.165, 1.54) is 0 Å². The Bertz CT molecular complexity index is 1380. The van der Waals surface area contributed by atoms with Crippen LogP contribution in [0.2, 0.25) is 0 Å². The molecule has 10 heteroatoms. The molecule has 3 N–H and O–H groups in total. The minimum atomic E-state index is -1.06. The van der Waals surface area contributed by atoms with Crippen LogP contribution in [-0.4, -0.2) is 51.9 Å². The third kappa shape index (κ3) is 5.14. The summed E-state index contributed by atoms with van der Waals surface area (Å²) in [6.45, 7) is 8.38. The zero-order valence-electron chi connectivity index (χ0n) is 22.9. The number of anilines is 1. The second-order valence-corrected chi connectivity index (χ2v) is 12.2. The number of ketones is 1. The predicted molar refractivity (Wildman–Crippen MR) is 150 cm³/mol. The molecule has 0 radical (unpaired) electrons. The van der Waals surface area contributed by atoms with Crippen molar-refractivity contribution in [3.05, 3.63) is 46.0 Å². The highest BCUT2D eigenvalue weighted by molar-refractivity contribution is 9.10. The monoisotopic (exact) mass is 601 g/mol. The Hall–Kier alpha value is -2.69. The Morgan fingerprint density at radius 1 is 1.26 bits per heavy atom. The summed E-state index contributed by atoms with van der Waals surface area (Å²) in [5.41, 5.74) is 1.89. The van der Waals surface area contributed by atoms with E-state index in [0.29, 0.717) is 34.8 Å². The van der Waals surface area contributed by atoms with Crippen LogP contribution in [0.25, 0.3) is 11.1 Å². The molecule has 210 valence electrons. The van der Waals surface area contributed by atoms with Gasteiger partial charge in [-0.05, 0) is 58.8 Å². The maximum absolute atomic E-state index is 13.3. The van der Waals surface area contributed by atoms with Gasteiger partial charge in [0.1, 0.15) is 11.1 Å². The molecule has 0 aliphatic carbocycles. The Balaban J connectivity index is 1.38. The first-order chi connectivity index (χ1) is 18.5. The number of aromatic amines is 1. The molecule has 4 heterocycles. The van der Waals surface area contributed by atoms with E-state index in [4.69, 9.17) is 13.9 Å². The molecule has 2 aliphatic rings. The van der Waals surface area contributed by atoms with E-state index in [9.17, 15) is 14.7 Å². The van der Waals surface area contributed by atoms with Crippen LogP contribution in [0.1, 0.15) is 73.7 Å². The molecule has 2 fully saturated rings. The number of rotatable bonds is 7. The molecule has 1 spiro atoms. The average molecular weight is 603 g/mol. The van der Waals surface area contributed by atoms with Crippen LogP contribution in [-0.2, 0) is 15.9 Å². The number of carboxylic acids is 1. The molecule has 5 rings (SSSR count). The summed E-state index contributed by atoms with van der Waals surface area (Å²) in [4.78, 5) is 32.8. The van der Waals surface area contributed by atoms with Crippen LogP contribution < -0.4 is 5.32 Å². The van der Waals surface area contributed by atoms with Gasteiger partial charge in [-0.3, -0.25) is 4.79 Å². The number of nitrogens with zero attached hydrogens (tertiary/aromatic N) is 1. The van der Waals surface area contributed by atoms with Gasteiger partial charge in [0.2, 0.25) is 0 Å². The number of H-pyrrole nitrogens is 1. The number of aromatic carboxylic acids is 1. The Morgan fingerprint density at radius 3 is 2.69 bits per heavy atom. The normalized spacial score (nSPS) is 29.9. The average Bonchev–Trinajstić information content (AvgIpc) is 3.52. The highest BCUT2D eigenvalue weighted by atomic mass is 79.9. The fraction of sp³-hybridized carbons (Fsp3) is 0.552. The van der Waals surface area contributed by atoms with Crippen LogP contribution in [0.5, 0.6) is 0 Å². The fourth-order valence-corrected chi connectivity index (χ4v) is 6.64. The number of nitrogens with one attached hydrogen (secondary N) is 2. The number of aromatic nitrogens is 2. The number of benzene rings is 1. The number of oxazole rings is 1. The van der Waals surface area contributed by atoms with E-state index in [1.807, 2.05) is 6.92 Å². The molecule has 9 nitrogen and oxygen atoms in total. The Morgan fingerprint density at radius 2 is 2.03 bits per heavy atom. The van der Waals surface area contributed by atoms with Gasteiger partial charge < -0.3 is 29.3 Å². The first-order valence-corrected chi connectivity index (χ1v) is 14.4. The van der Waals surface area contributed by atoms with Gasteiger partial charge in [-0.25, -0.2) is 9.78 Å². The zero-order chi connectivity index (χ0) is 28.1. The number of carbonyl (C=O) groups is 2. The number of ether oxygens (including phenoxy) is 2. The van der Waals surface area contributed by atoms with E-state index in [2.05, 4.69) is 52.0 Å². The van der Waals surface area contributed by atoms with Crippen molar-refractivity contribution in [3.63, 3.8) is 0 Å². The summed E-state index contributed by atoms with van der Waals surface area (Å²) < 4.78 is 20.4. The van der Waals surface area contributed by atoms with Gasteiger partial charge >= 0.3 is 5.97 Å². The van der Waals surface area contributed by atoms with Crippen LogP contribution in [0.3, 0.4) is 0 Å². The van der Waals surface area contributed by atoms with E-state index >= 15 is 0 Å². The lowest BCUT2D eigenvalue weighted by atomic mass is 9.75. The first kappa shape index (κ1) is 27.9. The molecule has 2 aromatic heterocycles. The highest BCUT2D eigenvalue weighted by Gasteiger charge is 2.52. The van der Waals surface area contributed by atoms with Crippen molar-refractivity contribution < 1.29 is 28.6 Å². The molecular formula is C29H36BrN3O6. The maximum Gasteiger partial charge on any atom is 0.340 e. The molecule has 2 saturated heterocycles. The number of carboxylic acid groups (broad SMARTS) is 1. The van der Waals surface area contributed by atoms with E-state index in [-0.39, 0.29) is 47.2 Å². The second-order valence-electron chi connectivity index (χ2n) is 11.3. The molecule has 2 aliphatic heterocycles. The second kappa shape index (κ2) is 10.7. The number of hydrogen-bond acceptors (Lipinski definition) is 7. The van der Waals surface area contributed by atoms with Gasteiger partial charge in [0.25, 0.3) is 0 Å². The number of Topliss-reactive ketones (excluding diaryl/α,β-unsaturated/α-hetero) is 1. The van der Waals surface area contributed by atoms with E-state index in [1.54, 1.807) is 31.4 Å². The SMILES string of the molecule is CNc1ccc2oc(C[C@@H]3O[C@]4(CC[C@@H]3C)O[C@H]([C@@H](C)C(=O)c3cc(Br)c[nH]3)[C@H](C)C[C@H]4C)nc2c1C(=O)O. The topological polar surface area (TPSA) is 127 Å². The minimum Gasteiger partial charge on any atom is -0.478 e. The summed E-state index contributed by atoms with van der Waals surface area (Å²) in [5, 5.41) is 12.7. The summed E-state index contributed by atoms with van der Waals surface area (Å²) in [5.74, 6) is -1.21. The molecule has 7 atom stereocenters. The summed E-state index contributed by atoms with van der Waals surface area (Å²) in [6, 6.07) is 5.22. The molecule has 0 unspecified atom stereocenters. The smallest absolute Gasteiger partial charge is 0.340 e. The molecule has 0 saturated carbocycles. The summed E-state index contributed by atoms with van der Waals surface area (Å²) >= 11 is 3.41. The van der Waals surface area contributed by atoms with E-state index in [0.717, 1.165) is 23.7 Å². The molecule has 0 bridgehead atoms. The Labute approximate surface area is 236 Å². The van der Waals surface area contributed by atoms with Gasteiger partial charge in [0.15, 0.2) is 23.0 Å². The predicted octanol–water partition coefficient (Wildman–Crippen LogP) is 6.29. The first-order valence-electron chi connectivity index (χ1n) is 13.6. The van der Waals surface area contributed by atoms with Gasteiger partial charge in [0.05, 0.1) is 30.0 Å². The Kier molecular flexibility index (Phi) is 7.65. The van der Waals surface area contributed by atoms with Gasteiger partial charge in [-0.2, -0.15) is 0 Å².